The minimum absolute atomic E-state index is 0.112. The van der Waals surface area contributed by atoms with Gasteiger partial charge in [0.15, 0.2) is 18.1 Å². The highest BCUT2D eigenvalue weighted by molar-refractivity contribution is 6.32. The van der Waals surface area contributed by atoms with E-state index in [-0.39, 0.29) is 47.0 Å². The molecule has 0 heterocycles. The molecule has 2 rings (SSSR count). The number of nitrogens with two attached hydrogens (primary N) is 1. The first kappa shape index (κ1) is 20.5. The minimum atomic E-state index is -0.666. The van der Waals surface area contributed by atoms with E-state index >= 15 is 0 Å². The van der Waals surface area contributed by atoms with Gasteiger partial charge in [-0.15, -0.1) is 0 Å². The first-order chi connectivity index (χ1) is 12.8. The number of carbonyl (C=O) groups excluding carboxylic acids is 2. The molecule has 0 spiro atoms. The maximum absolute atomic E-state index is 13.4. The summed E-state index contributed by atoms with van der Waals surface area (Å²) in [5, 5.41) is 0.112. The Morgan fingerprint density at radius 3 is 2.59 bits per heavy atom. The predicted molar refractivity (Wildman–Crippen MR) is 99.5 cm³/mol. The average Bonchev–Trinajstić information content (AvgIpc) is 2.63. The number of hydrogen-bond acceptors (Lipinski definition) is 4. The fraction of sp³-hybridized carbons (Fsp3) is 0.263. The van der Waals surface area contributed by atoms with Crippen molar-refractivity contribution in [3.63, 3.8) is 0 Å². The average molecular weight is 395 g/mol. The van der Waals surface area contributed by atoms with Gasteiger partial charge < -0.3 is 20.1 Å². The summed E-state index contributed by atoms with van der Waals surface area (Å²) in [4.78, 5) is 25.3. The number of hydrogen-bond donors (Lipinski definition) is 1. The number of primary amides is 1. The van der Waals surface area contributed by atoms with Gasteiger partial charge in [-0.05, 0) is 36.8 Å². The van der Waals surface area contributed by atoms with Crippen LogP contribution in [0.1, 0.15) is 22.8 Å². The van der Waals surface area contributed by atoms with E-state index in [1.54, 1.807) is 17.0 Å². The van der Waals surface area contributed by atoms with Gasteiger partial charge in [0.1, 0.15) is 5.82 Å². The summed E-state index contributed by atoms with van der Waals surface area (Å²) < 4.78 is 23.9. The third-order valence-electron chi connectivity index (χ3n) is 3.77. The summed E-state index contributed by atoms with van der Waals surface area (Å²) in [5.74, 6) is -1.00. The fourth-order valence-corrected chi connectivity index (χ4v) is 2.76. The first-order valence-corrected chi connectivity index (χ1v) is 8.55. The molecule has 27 heavy (non-hydrogen) atoms. The second kappa shape index (κ2) is 9.23. The van der Waals surface area contributed by atoms with E-state index in [1.165, 1.54) is 31.4 Å². The van der Waals surface area contributed by atoms with Gasteiger partial charge in [0.25, 0.3) is 11.8 Å². The van der Waals surface area contributed by atoms with Crippen LogP contribution in [-0.4, -0.2) is 37.0 Å². The van der Waals surface area contributed by atoms with Crippen molar-refractivity contribution < 1.29 is 23.5 Å². The van der Waals surface area contributed by atoms with Crippen molar-refractivity contribution in [3.05, 3.63) is 58.4 Å². The monoisotopic (exact) mass is 394 g/mol. The number of ether oxygens (including phenoxy) is 2. The van der Waals surface area contributed by atoms with E-state index in [0.717, 1.165) is 0 Å². The maximum Gasteiger partial charge on any atom is 0.255 e. The van der Waals surface area contributed by atoms with Crippen molar-refractivity contribution in [2.75, 3.05) is 20.3 Å². The molecule has 0 aliphatic rings. The zero-order chi connectivity index (χ0) is 20.0. The molecular weight excluding hydrogens is 375 g/mol. The topological polar surface area (TPSA) is 81.9 Å². The van der Waals surface area contributed by atoms with E-state index in [9.17, 15) is 14.0 Å². The van der Waals surface area contributed by atoms with Crippen molar-refractivity contribution in [3.8, 4) is 11.5 Å². The van der Waals surface area contributed by atoms with Gasteiger partial charge in [-0.3, -0.25) is 9.59 Å². The van der Waals surface area contributed by atoms with E-state index in [0.29, 0.717) is 12.1 Å². The maximum atomic E-state index is 13.4. The van der Waals surface area contributed by atoms with Crippen LogP contribution >= 0.6 is 11.6 Å². The number of rotatable bonds is 8. The van der Waals surface area contributed by atoms with Crippen molar-refractivity contribution in [2.45, 2.75) is 13.5 Å². The molecule has 0 unspecified atom stereocenters. The van der Waals surface area contributed by atoms with Crippen LogP contribution in [0.15, 0.2) is 36.4 Å². The van der Waals surface area contributed by atoms with Crippen LogP contribution in [0.5, 0.6) is 11.5 Å². The molecule has 2 aromatic rings. The Morgan fingerprint density at radius 1 is 1.26 bits per heavy atom. The number of methoxy groups -OCH3 is 1. The molecule has 2 amide bonds. The highest BCUT2D eigenvalue weighted by atomic mass is 35.5. The Morgan fingerprint density at radius 2 is 2.00 bits per heavy atom. The van der Waals surface area contributed by atoms with Crippen LogP contribution in [0, 0.1) is 5.82 Å². The molecule has 0 saturated carbocycles. The van der Waals surface area contributed by atoms with Crippen molar-refractivity contribution >= 4 is 23.4 Å². The van der Waals surface area contributed by atoms with E-state index in [2.05, 4.69) is 0 Å². The van der Waals surface area contributed by atoms with Crippen molar-refractivity contribution in [2.24, 2.45) is 5.73 Å². The lowest BCUT2D eigenvalue weighted by molar-refractivity contribution is -0.119. The second-order valence-electron chi connectivity index (χ2n) is 5.69. The number of amides is 2. The Kier molecular flexibility index (Phi) is 7.01. The van der Waals surface area contributed by atoms with E-state index < -0.39 is 5.91 Å². The summed E-state index contributed by atoms with van der Waals surface area (Å²) in [7, 11) is 1.39. The van der Waals surface area contributed by atoms with Gasteiger partial charge >= 0.3 is 0 Å². The standard InChI is InChI=1S/C19H20ClFN2O4/c1-3-23(10-12-5-4-6-14(21)7-12)19(25)13-8-15(20)18(16(9-13)26-2)27-11-17(22)24/h4-9H,3,10-11H2,1-2H3,(H2,22,24). The van der Waals surface area contributed by atoms with Gasteiger partial charge in [0, 0.05) is 18.7 Å². The summed E-state index contributed by atoms with van der Waals surface area (Å²) in [6.45, 7) is 2.10. The largest absolute Gasteiger partial charge is 0.493 e. The Hall–Kier alpha value is -2.80. The number of carbonyl (C=O) groups is 2. The van der Waals surface area contributed by atoms with E-state index in [4.69, 9.17) is 26.8 Å². The molecule has 0 fully saturated rings. The van der Waals surface area contributed by atoms with Crippen molar-refractivity contribution in [1.29, 1.82) is 0 Å². The van der Waals surface area contributed by atoms with Crippen LogP contribution in [0.2, 0.25) is 5.02 Å². The second-order valence-corrected chi connectivity index (χ2v) is 6.10. The minimum Gasteiger partial charge on any atom is -0.493 e. The quantitative estimate of drug-likeness (QED) is 0.746. The summed E-state index contributed by atoms with van der Waals surface area (Å²) >= 11 is 6.19. The fourth-order valence-electron chi connectivity index (χ4n) is 2.49. The van der Waals surface area contributed by atoms with Gasteiger partial charge in [0.2, 0.25) is 0 Å². The summed E-state index contributed by atoms with van der Waals surface area (Å²) in [6, 6.07) is 8.96. The van der Waals surface area contributed by atoms with Gasteiger partial charge in [0.05, 0.1) is 12.1 Å². The molecule has 0 bridgehead atoms. The van der Waals surface area contributed by atoms with E-state index in [1.807, 2.05) is 6.92 Å². The third-order valence-corrected chi connectivity index (χ3v) is 4.05. The Labute approximate surface area is 161 Å². The number of halogens is 2. The lowest BCUT2D eigenvalue weighted by atomic mass is 10.1. The number of benzene rings is 2. The third kappa shape index (κ3) is 5.34. The molecule has 144 valence electrons. The molecule has 0 aromatic heterocycles. The van der Waals surface area contributed by atoms with Gasteiger partial charge in [-0.25, -0.2) is 4.39 Å². The van der Waals surface area contributed by atoms with Crippen LogP contribution in [-0.2, 0) is 11.3 Å². The number of nitrogens with zero attached hydrogens (tertiary/aromatic N) is 1. The molecule has 0 atom stereocenters. The zero-order valence-corrected chi connectivity index (χ0v) is 15.8. The lowest BCUT2D eigenvalue weighted by Gasteiger charge is -2.22. The SMILES string of the molecule is CCN(Cc1cccc(F)c1)C(=O)c1cc(Cl)c(OCC(N)=O)c(OC)c1. The summed E-state index contributed by atoms with van der Waals surface area (Å²) in [6.07, 6.45) is 0. The lowest BCUT2D eigenvalue weighted by Crippen LogP contribution is -2.30. The Bertz CT molecular complexity index is 844. The molecule has 8 heteroatoms. The molecular formula is C19H20ClFN2O4. The first-order valence-electron chi connectivity index (χ1n) is 8.18. The zero-order valence-electron chi connectivity index (χ0n) is 15.0. The highest BCUT2D eigenvalue weighted by Crippen LogP contribution is 2.36. The molecule has 0 aliphatic heterocycles. The predicted octanol–water partition coefficient (Wildman–Crippen LogP) is 3.01. The van der Waals surface area contributed by atoms with Crippen molar-refractivity contribution in [1.82, 2.24) is 4.90 Å². The normalized spacial score (nSPS) is 10.4. The molecule has 6 nitrogen and oxygen atoms in total. The van der Waals surface area contributed by atoms with Crippen LogP contribution in [0.3, 0.4) is 0 Å². The highest BCUT2D eigenvalue weighted by Gasteiger charge is 2.20. The smallest absolute Gasteiger partial charge is 0.255 e. The van der Waals surface area contributed by atoms with Crippen LogP contribution < -0.4 is 15.2 Å². The Balaban J connectivity index is 2.27. The summed E-state index contributed by atoms with van der Waals surface area (Å²) in [5.41, 5.74) is 6.02. The van der Waals surface area contributed by atoms with Crippen LogP contribution in [0.4, 0.5) is 4.39 Å². The molecule has 0 saturated heterocycles. The molecule has 2 N–H and O–H groups in total. The molecule has 2 aromatic carbocycles. The van der Waals surface area contributed by atoms with Gasteiger partial charge in [-0.1, -0.05) is 23.7 Å². The van der Waals surface area contributed by atoms with Gasteiger partial charge in [-0.2, -0.15) is 0 Å². The molecule has 0 radical (unpaired) electrons. The molecule has 0 aliphatic carbocycles. The van der Waals surface area contributed by atoms with Crippen LogP contribution in [0.25, 0.3) is 0 Å².